The van der Waals surface area contributed by atoms with Gasteiger partial charge < -0.3 is 15.8 Å². The number of methoxy groups -OCH3 is 1. The van der Waals surface area contributed by atoms with Gasteiger partial charge in [-0.05, 0) is 42.4 Å². The van der Waals surface area contributed by atoms with E-state index in [1.54, 1.807) is 0 Å². The molecule has 0 saturated heterocycles. The van der Waals surface area contributed by atoms with Crippen LogP contribution in [0.1, 0.15) is 88.2 Å². The summed E-state index contributed by atoms with van der Waals surface area (Å²) in [6.07, 6.45) is 5.66. The van der Waals surface area contributed by atoms with Gasteiger partial charge in [0.2, 0.25) is 5.91 Å². The number of hydrogen-bond acceptors (Lipinski definition) is 4. The van der Waals surface area contributed by atoms with Gasteiger partial charge in [-0.1, -0.05) is 64.2 Å². The van der Waals surface area contributed by atoms with Crippen LogP contribution >= 0.6 is 0 Å². The van der Waals surface area contributed by atoms with Crippen LogP contribution in [-0.4, -0.2) is 25.0 Å². The number of esters is 1. The standard InChI is InChI=1S/C26H36F4N2O3/c1-15(25(34)35-2)18-13-20(27)21(14-19(18)26(28,29)30)32-24(33)23(31)22(16-9-5-3-6-10-16)17-11-7-4-8-12-17/h13-17,22-23H,3-12,31H2,1-2H3,(H,32,33). The fourth-order valence-corrected chi connectivity index (χ4v) is 5.99. The lowest BCUT2D eigenvalue weighted by Crippen LogP contribution is -2.48. The Morgan fingerprint density at radius 1 is 1.00 bits per heavy atom. The van der Waals surface area contributed by atoms with Crippen molar-refractivity contribution in [2.45, 2.75) is 89.3 Å². The highest BCUT2D eigenvalue weighted by atomic mass is 19.4. The second-order valence-electron chi connectivity index (χ2n) is 10.1. The number of amides is 1. The number of carbonyl (C=O) groups is 2. The largest absolute Gasteiger partial charge is 0.469 e. The van der Waals surface area contributed by atoms with Crippen molar-refractivity contribution in [2.24, 2.45) is 23.5 Å². The van der Waals surface area contributed by atoms with Gasteiger partial charge in [-0.2, -0.15) is 13.2 Å². The van der Waals surface area contributed by atoms with Gasteiger partial charge in [-0.15, -0.1) is 0 Å². The van der Waals surface area contributed by atoms with Crippen LogP contribution in [0.4, 0.5) is 23.2 Å². The zero-order chi connectivity index (χ0) is 25.8. The summed E-state index contributed by atoms with van der Waals surface area (Å²) in [6, 6.07) is 0.250. The third-order valence-electron chi connectivity index (χ3n) is 7.83. The molecule has 35 heavy (non-hydrogen) atoms. The van der Waals surface area contributed by atoms with E-state index in [0.717, 1.165) is 71.3 Å². The Bertz CT molecular complexity index is 875. The summed E-state index contributed by atoms with van der Waals surface area (Å²) in [7, 11) is 1.05. The maximum absolute atomic E-state index is 14.9. The molecular weight excluding hydrogens is 464 g/mol. The monoisotopic (exact) mass is 500 g/mol. The minimum atomic E-state index is -4.86. The van der Waals surface area contributed by atoms with E-state index < -0.39 is 52.6 Å². The quantitative estimate of drug-likeness (QED) is 0.347. The van der Waals surface area contributed by atoms with Crippen LogP contribution in [0.3, 0.4) is 0 Å². The summed E-state index contributed by atoms with van der Waals surface area (Å²) in [6.45, 7) is 1.21. The van der Waals surface area contributed by atoms with Crippen molar-refractivity contribution in [3.8, 4) is 0 Å². The molecule has 5 nitrogen and oxygen atoms in total. The van der Waals surface area contributed by atoms with Gasteiger partial charge in [0.25, 0.3) is 0 Å². The van der Waals surface area contributed by atoms with E-state index >= 15 is 0 Å². The lowest BCUT2D eigenvalue weighted by atomic mass is 9.66. The maximum atomic E-state index is 14.9. The minimum Gasteiger partial charge on any atom is -0.469 e. The fourth-order valence-electron chi connectivity index (χ4n) is 5.99. The Kier molecular flexibility index (Phi) is 9.18. The first-order valence-electron chi connectivity index (χ1n) is 12.6. The van der Waals surface area contributed by atoms with E-state index in [4.69, 9.17) is 5.73 Å². The Labute approximate surface area is 204 Å². The first kappa shape index (κ1) is 27.4. The highest BCUT2D eigenvalue weighted by Crippen LogP contribution is 2.42. The smallest absolute Gasteiger partial charge is 0.416 e. The molecule has 2 aliphatic carbocycles. The Morgan fingerprint density at radius 3 is 1.97 bits per heavy atom. The number of benzene rings is 1. The number of carbonyl (C=O) groups excluding carboxylic acids is 2. The highest BCUT2D eigenvalue weighted by molar-refractivity contribution is 5.95. The molecule has 1 aromatic carbocycles. The van der Waals surface area contributed by atoms with Crippen molar-refractivity contribution >= 4 is 17.6 Å². The van der Waals surface area contributed by atoms with Crippen LogP contribution in [0.25, 0.3) is 0 Å². The number of ether oxygens (including phenoxy) is 1. The molecule has 0 spiro atoms. The molecule has 0 bridgehead atoms. The molecule has 1 aromatic rings. The summed E-state index contributed by atoms with van der Waals surface area (Å²) in [4.78, 5) is 25.0. The first-order valence-corrected chi connectivity index (χ1v) is 12.6. The summed E-state index contributed by atoms with van der Waals surface area (Å²) in [5.74, 6) is -3.50. The van der Waals surface area contributed by atoms with E-state index in [1.165, 1.54) is 6.92 Å². The average Bonchev–Trinajstić information content (AvgIpc) is 2.84. The summed E-state index contributed by atoms with van der Waals surface area (Å²) >= 11 is 0. The van der Waals surface area contributed by atoms with Gasteiger partial charge in [0.1, 0.15) is 5.82 Å². The molecule has 2 saturated carbocycles. The van der Waals surface area contributed by atoms with Gasteiger partial charge >= 0.3 is 12.1 Å². The van der Waals surface area contributed by atoms with Crippen molar-refractivity contribution in [1.29, 1.82) is 0 Å². The third-order valence-corrected chi connectivity index (χ3v) is 7.83. The normalized spacial score (nSPS) is 19.9. The van der Waals surface area contributed by atoms with E-state index in [1.807, 2.05) is 0 Å². The average molecular weight is 501 g/mol. The Hall–Kier alpha value is -2.16. The predicted molar refractivity (Wildman–Crippen MR) is 125 cm³/mol. The van der Waals surface area contributed by atoms with Crippen molar-refractivity contribution in [2.75, 3.05) is 12.4 Å². The lowest BCUT2D eigenvalue weighted by molar-refractivity contribution is -0.143. The molecule has 1 amide bonds. The van der Waals surface area contributed by atoms with Gasteiger partial charge in [-0.25, -0.2) is 4.39 Å². The third kappa shape index (κ3) is 6.54. The highest BCUT2D eigenvalue weighted by Gasteiger charge is 2.40. The zero-order valence-corrected chi connectivity index (χ0v) is 20.4. The summed E-state index contributed by atoms with van der Waals surface area (Å²) < 4.78 is 60.8. The second kappa shape index (κ2) is 11.7. The number of nitrogens with one attached hydrogen (secondary N) is 1. The van der Waals surface area contributed by atoms with Crippen molar-refractivity contribution < 1.29 is 31.9 Å². The minimum absolute atomic E-state index is 0.0839. The van der Waals surface area contributed by atoms with Gasteiger partial charge in [0.15, 0.2) is 0 Å². The number of halogens is 4. The molecule has 3 N–H and O–H groups in total. The fraction of sp³-hybridized carbons (Fsp3) is 0.692. The van der Waals surface area contributed by atoms with Crippen LogP contribution in [0.5, 0.6) is 0 Å². The Balaban J connectivity index is 1.88. The van der Waals surface area contributed by atoms with E-state index in [-0.39, 0.29) is 17.8 Å². The van der Waals surface area contributed by atoms with Gasteiger partial charge in [0, 0.05) is 0 Å². The van der Waals surface area contributed by atoms with E-state index in [9.17, 15) is 27.2 Å². The van der Waals surface area contributed by atoms with E-state index in [2.05, 4.69) is 10.1 Å². The zero-order valence-electron chi connectivity index (χ0n) is 20.4. The summed E-state index contributed by atoms with van der Waals surface area (Å²) in [5.41, 5.74) is 4.12. The molecule has 0 radical (unpaired) electrons. The molecule has 2 unspecified atom stereocenters. The summed E-state index contributed by atoms with van der Waals surface area (Å²) in [5, 5.41) is 2.34. The van der Waals surface area contributed by atoms with Crippen molar-refractivity contribution in [3.05, 3.63) is 29.1 Å². The van der Waals surface area contributed by atoms with Crippen LogP contribution in [0, 0.1) is 23.6 Å². The molecule has 0 heterocycles. The number of rotatable bonds is 7. The van der Waals surface area contributed by atoms with E-state index in [0.29, 0.717) is 12.1 Å². The molecule has 196 valence electrons. The molecule has 2 atom stereocenters. The SMILES string of the molecule is COC(=O)C(C)c1cc(F)c(NC(=O)C(N)C(C2CCCCC2)C2CCCCC2)cc1C(F)(F)F. The van der Waals surface area contributed by atoms with Gasteiger partial charge in [0.05, 0.1) is 30.3 Å². The molecular formula is C26H36F4N2O3. The Morgan fingerprint density at radius 2 is 1.51 bits per heavy atom. The van der Waals surface area contributed by atoms with Crippen LogP contribution < -0.4 is 11.1 Å². The molecule has 3 rings (SSSR count). The molecule has 2 aliphatic rings. The first-order chi connectivity index (χ1) is 16.5. The number of anilines is 1. The van der Waals surface area contributed by atoms with Crippen LogP contribution in [-0.2, 0) is 20.5 Å². The van der Waals surface area contributed by atoms with Crippen molar-refractivity contribution in [3.63, 3.8) is 0 Å². The number of nitrogens with two attached hydrogens (primary N) is 1. The molecule has 9 heteroatoms. The molecule has 0 aliphatic heterocycles. The van der Waals surface area contributed by atoms with Crippen LogP contribution in [0.15, 0.2) is 12.1 Å². The van der Waals surface area contributed by atoms with Gasteiger partial charge in [-0.3, -0.25) is 9.59 Å². The maximum Gasteiger partial charge on any atom is 0.416 e. The van der Waals surface area contributed by atoms with Crippen molar-refractivity contribution in [1.82, 2.24) is 0 Å². The second-order valence-corrected chi connectivity index (χ2v) is 10.1. The number of alkyl halides is 3. The lowest BCUT2D eigenvalue weighted by Gasteiger charge is -2.40. The molecule has 0 aromatic heterocycles. The molecule has 2 fully saturated rings. The topological polar surface area (TPSA) is 81.4 Å². The number of hydrogen-bond donors (Lipinski definition) is 2. The predicted octanol–water partition coefficient (Wildman–Crippen LogP) is 6.16. The van der Waals surface area contributed by atoms with Crippen LogP contribution in [0.2, 0.25) is 0 Å².